The number of benzene rings is 3. The van der Waals surface area contributed by atoms with Crippen LogP contribution in [0.4, 0.5) is 0 Å². The molecule has 7 nitrogen and oxygen atoms in total. The van der Waals surface area contributed by atoms with Gasteiger partial charge in [0.2, 0.25) is 0 Å². The van der Waals surface area contributed by atoms with Crippen LogP contribution < -0.4 is 0 Å². The van der Waals surface area contributed by atoms with Gasteiger partial charge < -0.3 is 29.5 Å². The molecular formula is C27H28O7. The highest BCUT2D eigenvalue weighted by molar-refractivity contribution is 5.89. The molecule has 178 valence electrons. The molecule has 2 unspecified atom stereocenters. The Bertz CT molecular complexity index is 971. The summed E-state index contributed by atoms with van der Waals surface area (Å²) in [6.45, 7) is 0.223. The fraction of sp³-hybridized carbons (Fsp3) is 0.296. The molecule has 0 amide bonds. The Morgan fingerprint density at radius 1 is 0.588 bits per heavy atom. The highest BCUT2D eigenvalue weighted by atomic mass is 16.6. The summed E-state index contributed by atoms with van der Waals surface area (Å²) in [6, 6.07) is 26.9. The van der Waals surface area contributed by atoms with E-state index in [1.807, 2.05) is 60.7 Å². The first-order valence-electron chi connectivity index (χ1n) is 11.2. The van der Waals surface area contributed by atoms with Crippen LogP contribution in [0.15, 0.2) is 91.0 Å². The summed E-state index contributed by atoms with van der Waals surface area (Å²) in [6.07, 6.45) is -7.98. The molecule has 1 aliphatic rings. The maximum atomic E-state index is 12.7. The summed E-state index contributed by atoms with van der Waals surface area (Å²) in [5, 5.41) is 32.9. The van der Waals surface area contributed by atoms with Crippen LogP contribution in [0.3, 0.4) is 0 Å². The van der Waals surface area contributed by atoms with Gasteiger partial charge in [0.1, 0.15) is 30.5 Å². The molecule has 0 aliphatic heterocycles. The second kappa shape index (κ2) is 11.4. The van der Waals surface area contributed by atoms with Gasteiger partial charge in [-0.3, -0.25) is 0 Å². The number of carbonyl (C=O) groups excluding carboxylic acids is 1. The number of ether oxygens (including phenoxy) is 3. The van der Waals surface area contributed by atoms with Crippen LogP contribution in [0.2, 0.25) is 0 Å². The number of rotatable bonds is 8. The largest absolute Gasteiger partial charge is 0.453 e. The van der Waals surface area contributed by atoms with Gasteiger partial charge in [-0.05, 0) is 23.3 Å². The van der Waals surface area contributed by atoms with Crippen molar-refractivity contribution < 1.29 is 34.3 Å². The highest BCUT2D eigenvalue weighted by Gasteiger charge is 2.52. The molecule has 6 atom stereocenters. The fourth-order valence-corrected chi connectivity index (χ4v) is 4.00. The summed E-state index contributed by atoms with van der Waals surface area (Å²) < 4.78 is 17.2. The zero-order valence-electron chi connectivity index (χ0n) is 18.5. The van der Waals surface area contributed by atoms with Gasteiger partial charge in [-0.2, -0.15) is 0 Å². The number of hydrogen-bond donors (Lipinski definition) is 3. The molecule has 0 bridgehead atoms. The van der Waals surface area contributed by atoms with E-state index >= 15 is 0 Å². The van der Waals surface area contributed by atoms with E-state index in [4.69, 9.17) is 14.2 Å². The van der Waals surface area contributed by atoms with E-state index in [0.29, 0.717) is 0 Å². The molecule has 0 heterocycles. The van der Waals surface area contributed by atoms with Crippen molar-refractivity contribution in [2.45, 2.75) is 49.8 Å². The molecule has 0 spiro atoms. The van der Waals surface area contributed by atoms with Crippen LogP contribution in [0.5, 0.6) is 0 Å². The van der Waals surface area contributed by atoms with E-state index in [0.717, 1.165) is 11.1 Å². The third-order valence-electron chi connectivity index (χ3n) is 5.84. The fourth-order valence-electron chi connectivity index (χ4n) is 4.00. The molecule has 1 aliphatic carbocycles. The van der Waals surface area contributed by atoms with Gasteiger partial charge in [-0.25, -0.2) is 4.79 Å². The van der Waals surface area contributed by atoms with E-state index in [-0.39, 0.29) is 18.8 Å². The Hall–Kier alpha value is -3.07. The molecule has 7 heteroatoms. The van der Waals surface area contributed by atoms with Gasteiger partial charge in [0.15, 0.2) is 6.10 Å². The quantitative estimate of drug-likeness (QED) is 0.440. The van der Waals surface area contributed by atoms with E-state index in [1.165, 1.54) is 0 Å². The van der Waals surface area contributed by atoms with Gasteiger partial charge in [0.25, 0.3) is 0 Å². The molecule has 0 saturated heterocycles. The third kappa shape index (κ3) is 5.70. The molecule has 1 saturated carbocycles. The van der Waals surface area contributed by atoms with Gasteiger partial charge in [-0.15, -0.1) is 0 Å². The second-order valence-electron chi connectivity index (χ2n) is 8.23. The molecule has 4 rings (SSSR count). The molecule has 1 fully saturated rings. The van der Waals surface area contributed by atoms with Crippen molar-refractivity contribution >= 4 is 5.97 Å². The Kier molecular flexibility index (Phi) is 8.05. The van der Waals surface area contributed by atoms with Crippen molar-refractivity contribution in [1.82, 2.24) is 0 Å². The van der Waals surface area contributed by atoms with Crippen molar-refractivity contribution in [2.24, 2.45) is 0 Å². The van der Waals surface area contributed by atoms with E-state index in [1.54, 1.807) is 30.3 Å². The van der Waals surface area contributed by atoms with Crippen LogP contribution in [0, 0.1) is 0 Å². The minimum atomic E-state index is -1.47. The molecule has 0 radical (unpaired) electrons. The summed E-state index contributed by atoms with van der Waals surface area (Å²) in [7, 11) is 0. The average molecular weight is 465 g/mol. The zero-order chi connectivity index (χ0) is 23.9. The van der Waals surface area contributed by atoms with Crippen LogP contribution in [-0.2, 0) is 27.4 Å². The maximum absolute atomic E-state index is 12.7. The summed E-state index contributed by atoms with van der Waals surface area (Å²) in [5.74, 6) is -0.705. The van der Waals surface area contributed by atoms with Crippen LogP contribution in [-0.4, -0.2) is 57.9 Å². The molecule has 34 heavy (non-hydrogen) atoms. The number of aliphatic hydroxyl groups is 3. The first-order chi connectivity index (χ1) is 16.5. The van der Waals surface area contributed by atoms with E-state index < -0.39 is 42.6 Å². The number of hydrogen-bond acceptors (Lipinski definition) is 7. The number of esters is 1. The summed E-state index contributed by atoms with van der Waals surface area (Å²) >= 11 is 0. The van der Waals surface area contributed by atoms with Crippen molar-refractivity contribution in [3.05, 3.63) is 108 Å². The molecule has 3 aromatic carbocycles. The first-order valence-corrected chi connectivity index (χ1v) is 11.2. The molecule has 3 N–H and O–H groups in total. The second-order valence-corrected chi connectivity index (χ2v) is 8.23. The van der Waals surface area contributed by atoms with E-state index in [9.17, 15) is 20.1 Å². The monoisotopic (exact) mass is 464 g/mol. The topological polar surface area (TPSA) is 105 Å². The van der Waals surface area contributed by atoms with E-state index in [2.05, 4.69) is 0 Å². The predicted octanol–water partition coefficient (Wildman–Crippen LogP) is 2.48. The molecule has 3 aromatic rings. The lowest BCUT2D eigenvalue weighted by atomic mass is 9.84. The lowest BCUT2D eigenvalue weighted by Gasteiger charge is -2.44. The average Bonchev–Trinajstić information content (AvgIpc) is 2.88. The smallest absolute Gasteiger partial charge is 0.338 e. The normalized spacial score (nSPS) is 26.7. The lowest BCUT2D eigenvalue weighted by molar-refractivity contribution is -0.250. The van der Waals surface area contributed by atoms with Crippen LogP contribution >= 0.6 is 0 Å². The Morgan fingerprint density at radius 2 is 0.971 bits per heavy atom. The first kappa shape index (κ1) is 24.1. The highest BCUT2D eigenvalue weighted by Crippen LogP contribution is 2.30. The SMILES string of the molecule is O=C(OC1[C@@H](O)[C@H](OCc2ccccc2)C(O)[C@H](OCc2ccccc2)[C@H]1O)c1ccccc1. The summed E-state index contributed by atoms with van der Waals surface area (Å²) in [5.41, 5.74) is 1.96. The van der Waals surface area contributed by atoms with Crippen molar-refractivity contribution in [2.75, 3.05) is 0 Å². The van der Waals surface area contributed by atoms with Crippen LogP contribution in [0.1, 0.15) is 21.5 Å². The summed E-state index contributed by atoms with van der Waals surface area (Å²) in [4.78, 5) is 12.7. The minimum absolute atomic E-state index is 0.112. The van der Waals surface area contributed by atoms with Crippen molar-refractivity contribution in [3.63, 3.8) is 0 Å². The van der Waals surface area contributed by atoms with Gasteiger partial charge in [-0.1, -0.05) is 78.9 Å². The Morgan fingerprint density at radius 3 is 1.41 bits per heavy atom. The molecular weight excluding hydrogens is 436 g/mol. The Balaban J connectivity index is 1.53. The zero-order valence-corrected chi connectivity index (χ0v) is 18.5. The minimum Gasteiger partial charge on any atom is -0.453 e. The van der Waals surface area contributed by atoms with Crippen molar-refractivity contribution in [1.29, 1.82) is 0 Å². The number of carbonyl (C=O) groups is 1. The number of aliphatic hydroxyl groups excluding tert-OH is 3. The van der Waals surface area contributed by atoms with Gasteiger partial charge in [0, 0.05) is 0 Å². The Labute approximate surface area is 198 Å². The molecule has 0 aromatic heterocycles. The maximum Gasteiger partial charge on any atom is 0.338 e. The standard InChI is InChI=1S/C27H28O7/c28-21-24(32-16-18-10-4-1-5-11-18)22(29)26(34-27(31)20-14-8-3-9-15-20)23(30)25(21)33-17-19-12-6-2-7-13-19/h1-15,21-26,28-30H,16-17H2/t21?,22-,23+,24+,25-,26?. The van der Waals surface area contributed by atoms with Crippen molar-refractivity contribution in [3.8, 4) is 0 Å². The lowest BCUT2D eigenvalue weighted by Crippen LogP contribution is -2.65. The van der Waals surface area contributed by atoms with Gasteiger partial charge in [0.05, 0.1) is 18.8 Å². The van der Waals surface area contributed by atoms with Crippen LogP contribution in [0.25, 0.3) is 0 Å². The predicted molar refractivity (Wildman–Crippen MR) is 124 cm³/mol. The third-order valence-corrected chi connectivity index (χ3v) is 5.84. The van der Waals surface area contributed by atoms with Gasteiger partial charge >= 0.3 is 5.97 Å².